The molecule has 6 nitrogen and oxygen atoms in total. The molecule has 1 aromatic rings. The number of nitrogens with one attached hydrogen (secondary N) is 2. The van der Waals surface area contributed by atoms with Gasteiger partial charge < -0.3 is 21.1 Å². The van der Waals surface area contributed by atoms with Crippen LogP contribution in [0.4, 0.5) is 5.69 Å². The van der Waals surface area contributed by atoms with Crippen molar-refractivity contribution in [1.29, 1.82) is 0 Å². The highest BCUT2D eigenvalue weighted by atomic mass is 16.5. The number of benzene rings is 1. The van der Waals surface area contributed by atoms with Gasteiger partial charge in [-0.3, -0.25) is 9.59 Å². The molecule has 2 amide bonds. The lowest BCUT2D eigenvalue weighted by Gasteiger charge is -2.24. The normalized spacial score (nSPS) is 26.3. The maximum absolute atomic E-state index is 12.4. The molecule has 4 N–H and O–H groups in total. The van der Waals surface area contributed by atoms with Crippen LogP contribution in [0.5, 0.6) is 5.75 Å². The molecule has 1 aromatic carbocycles. The van der Waals surface area contributed by atoms with Crippen molar-refractivity contribution in [2.24, 2.45) is 11.7 Å². The number of rotatable bonds is 5. The van der Waals surface area contributed by atoms with Gasteiger partial charge in [-0.2, -0.15) is 0 Å². The molecular weight excluding hydrogens is 294 g/mol. The third-order valence-electron chi connectivity index (χ3n) is 4.68. The van der Waals surface area contributed by atoms with Crippen molar-refractivity contribution in [3.8, 4) is 5.75 Å². The Hall–Kier alpha value is -2.08. The van der Waals surface area contributed by atoms with E-state index in [-0.39, 0.29) is 18.6 Å². The van der Waals surface area contributed by atoms with Gasteiger partial charge in [0.2, 0.25) is 5.91 Å². The second-order valence-electron chi connectivity index (χ2n) is 6.37. The molecule has 0 radical (unpaired) electrons. The Morgan fingerprint density at radius 3 is 2.65 bits per heavy atom. The quantitative estimate of drug-likeness (QED) is 0.765. The zero-order chi connectivity index (χ0) is 16.2. The van der Waals surface area contributed by atoms with E-state index in [1.54, 1.807) is 24.3 Å². The zero-order valence-electron chi connectivity index (χ0n) is 13.1. The smallest absolute Gasteiger partial charge is 0.255 e. The van der Waals surface area contributed by atoms with Gasteiger partial charge in [0.05, 0.1) is 6.04 Å². The van der Waals surface area contributed by atoms with E-state index in [0.29, 0.717) is 17.7 Å². The second-order valence-corrected chi connectivity index (χ2v) is 6.37. The largest absolute Gasteiger partial charge is 0.484 e. The van der Waals surface area contributed by atoms with E-state index in [9.17, 15) is 9.59 Å². The minimum absolute atomic E-state index is 0.0187. The number of carbonyl (C=O) groups excluding carboxylic acids is 2. The number of hydrogen-bond donors (Lipinski definition) is 3. The number of amides is 2. The maximum Gasteiger partial charge on any atom is 0.255 e. The second kappa shape index (κ2) is 7.00. The van der Waals surface area contributed by atoms with Crippen LogP contribution in [0.3, 0.4) is 0 Å². The van der Waals surface area contributed by atoms with E-state index in [1.807, 2.05) is 0 Å². The number of primary amides is 1. The molecular formula is C17H23N3O3. The number of fused-ring (bicyclic) bond motifs is 1. The summed E-state index contributed by atoms with van der Waals surface area (Å²) in [6.07, 6.45) is 5.88. The lowest BCUT2D eigenvalue weighted by Crippen LogP contribution is -2.39. The van der Waals surface area contributed by atoms with Crippen LogP contribution in [0.1, 0.15) is 32.1 Å². The van der Waals surface area contributed by atoms with Gasteiger partial charge in [-0.15, -0.1) is 0 Å². The molecule has 0 aromatic heterocycles. The van der Waals surface area contributed by atoms with E-state index in [1.165, 1.54) is 25.7 Å². The van der Waals surface area contributed by atoms with Crippen LogP contribution in [-0.4, -0.2) is 30.5 Å². The summed E-state index contributed by atoms with van der Waals surface area (Å²) >= 11 is 0. The fourth-order valence-corrected chi connectivity index (χ4v) is 3.54. The highest BCUT2D eigenvalue weighted by Gasteiger charge is 2.38. The van der Waals surface area contributed by atoms with Crippen LogP contribution in [0.2, 0.25) is 0 Å². The molecule has 0 bridgehead atoms. The van der Waals surface area contributed by atoms with Crippen LogP contribution < -0.4 is 21.1 Å². The molecule has 2 fully saturated rings. The predicted molar refractivity (Wildman–Crippen MR) is 87.0 cm³/mol. The molecule has 1 aliphatic heterocycles. The first-order valence-electron chi connectivity index (χ1n) is 8.20. The Kier molecular flexibility index (Phi) is 4.81. The Morgan fingerprint density at radius 1 is 1.22 bits per heavy atom. The van der Waals surface area contributed by atoms with Gasteiger partial charge in [0.1, 0.15) is 5.75 Å². The first kappa shape index (κ1) is 15.8. The summed E-state index contributed by atoms with van der Waals surface area (Å²) in [5, 5.41) is 6.41. The first-order valence-corrected chi connectivity index (χ1v) is 8.20. The molecule has 2 aliphatic rings. The molecule has 0 spiro atoms. The summed E-state index contributed by atoms with van der Waals surface area (Å²) in [5.41, 5.74) is 5.75. The molecule has 1 aliphatic carbocycles. The summed E-state index contributed by atoms with van der Waals surface area (Å²) in [5.74, 6) is 0.692. The highest BCUT2D eigenvalue weighted by molar-refractivity contribution is 5.95. The summed E-state index contributed by atoms with van der Waals surface area (Å²) in [6.45, 7) is -0.152. The Bertz CT molecular complexity index is 559. The summed E-state index contributed by atoms with van der Waals surface area (Å²) in [6, 6.07) is 7.34. The van der Waals surface area contributed by atoms with Crippen LogP contribution in [0.15, 0.2) is 24.3 Å². The highest BCUT2D eigenvalue weighted by Crippen LogP contribution is 2.33. The molecule has 1 saturated carbocycles. The van der Waals surface area contributed by atoms with E-state index < -0.39 is 5.91 Å². The predicted octanol–water partition coefficient (Wildman–Crippen LogP) is 1.41. The number of ether oxygens (including phenoxy) is 1. The number of anilines is 1. The van der Waals surface area contributed by atoms with Gasteiger partial charge >= 0.3 is 0 Å². The fourth-order valence-electron chi connectivity index (χ4n) is 3.54. The van der Waals surface area contributed by atoms with Gasteiger partial charge in [0, 0.05) is 11.7 Å². The number of carbonyl (C=O) groups is 2. The van der Waals surface area contributed by atoms with Gasteiger partial charge in [0.15, 0.2) is 6.61 Å². The Labute approximate surface area is 135 Å². The summed E-state index contributed by atoms with van der Waals surface area (Å²) < 4.78 is 5.19. The van der Waals surface area contributed by atoms with Crippen LogP contribution in [0.25, 0.3) is 0 Å². The van der Waals surface area contributed by atoms with Crippen LogP contribution in [-0.2, 0) is 9.59 Å². The van der Waals surface area contributed by atoms with Crippen molar-refractivity contribution >= 4 is 17.5 Å². The van der Waals surface area contributed by atoms with Crippen molar-refractivity contribution in [3.05, 3.63) is 24.3 Å². The van der Waals surface area contributed by atoms with Crippen molar-refractivity contribution in [2.45, 2.75) is 44.2 Å². The minimum atomic E-state index is -0.517. The Morgan fingerprint density at radius 2 is 1.96 bits per heavy atom. The van der Waals surface area contributed by atoms with E-state index >= 15 is 0 Å². The molecule has 3 atom stereocenters. The summed E-state index contributed by atoms with van der Waals surface area (Å²) in [7, 11) is 0. The molecule has 124 valence electrons. The van der Waals surface area contributed by atoms with Crippen molar-refractivity contribution in [3.63, 3.8) is 0 Å². The maximum atomic E-state index is 12.4. The van der Waals surface area contributed by atoms with Gasteiger partial charge in [-0.25, -0.2) is 0 Å². The fraction of sp³-hybridized carbons (Fsp3) is 0.529. The average molecular weight is 317 g/mol. The van der Waals surface area contributed by atoms with Crippen LogP contribution in [0, 0.1) is 5.92 Å². The van der Waals surface area contributed by atoms with Crippen LogP contribution >= 0.6 is 0 Å². The SMILES string of the molecule is NC(=O)COc1ccc(NC(=O)C2CC3CCCCC3N2)cc1. The van der Waals surface area contributed by atoms with Gasteiger partial charge in [-0.05, 0) is 49.4 Å². The standard InChI is InChI=1S/C17H23N3O3/c18-16(21)10-23-13-7-5-12(6-8-13)19-17(22)15-9-11-3-1-2-4-14(11)20-15/h5-8,11,14-15,20H,1-4,9-10H2,(H2,18,21)(H,19,22). The number of nitrogens with two attached hydrogens (primary N) is 1. The lowest BCUT2D eigenvalue weighted by molar-refractivity contribution is -0.120. The molecule has 1 heterocycles. The van der Waals surface area contributed by atoms with Crippen molar-refractivity contribution < 1.29 is 14.3 Å². The van der Waals surface area contributed by atoms with Gasteiger partial charge in [0.25, 0.3) is 5.91 Å². The molecule has 3 rings (SSSR count). The molecule has 23 heavy (non-hydrogen) atoms. The van der Waals surface area contributed by atoms with Gasteiger partial charge in [-0.1, -0.05) is 12.8 Å². The Balaban J connectivity index is 1.52. The summed E-state index contributed by atoms with van der Waals surface area (Å²) in [4.78, 5) is 23.1. The number of hydrogen-bond acceptors (Lipinski definition) is 4. The van der Waals surface area contributed by atoms with Crippen molar-refractivity contribution in [2.75, 3.05) is 11.9 Å². The third kappa shape index (κ3) is 4.01. The van der Waals surface area contributed by atoms with E-state index in [2.05, 4.69) is 10.6 Å². The topological polar surface area (TPSA) is 93.5 Å². The third-order valence-corrected chi connectivity index (χ3v) is 4.68. The van der Waals surface area contributed by atoms with E-state index in [0.717, 1.165) is 12.1 Å². The molecule has 1 saturated heterocycles. The monoisotopic (exact) mass is 317 g/mol. The molecule has 3 unspecified atom stereocenters. The minimum Gasteiger partial charge on any atom is -0.484 e. The van der Waals surface area contributed by atoms with E-state index in [4.69, 9.17) is 10.5 Å². The first-order chi connectivity index (χ1) is 11.1. The van der Waals surface area contributed by atoms with Crippen molar-refractivity contribution in [1.82, 2.24) is 5.32 Å². The lowest BCUT2D eigenvalue weighted by atomic mass is 9.85. The molecule has 6 heteroatoms. The average Bonchev–Trinajstić information content (AvgIpc) is 2.98. The zero-order valence-corrected chi connectivity index (χ0v) is 13.1.